The van der Waals surface area contributed by atoms with Crippen molar-refractivity contribution in [2.45, 2.75) is 12.2 Å². The van der Waals surface area contributed by atoms with Crippen LogP contribution >= 0.6 is 11.6 Å². The number of allylic oxidation sites excluding steroid dienone is 2. The molecule has 3 heteroatoms. The second-order valence-corrected chi connectivity index (χ2v) is 2.73. The van der Waals surface area contributed by atoms with Crippen LogP contribution in [-0.2, 0) is 9.47 Å². The van der Waals surface area contributed by atoms with Gasteiger partial charge in [-0.3, -0.25) is 0 Å². The maximum atomic E-state index is 5.86. The van der Waals surface area contributed by atoms with E-state index in [0.29, 0.717) is 5.03 Å². The van der Waals surface area contributed by atoms with Crippen LogP contribution in [0.15, 0.2) is 23.3 Å². The zero-order chi connectivity index (χ0) is 8.27. The molecule has 0 unspecified atom stereocenters. The van der Waals surface area contributed by atoms with Crippen LogP contribution < -0.4 is 0 Å². The SMILES string of the molecule is CO[C@H]1C=CC=C(Cl)[C@H]1OC. The van der Waals surface area contributed by atoms with Gasteiger partial charge >= 0.3 is 0 Å². The van der Waals surface area contributed by atoms with Crippen LogP contribution in [0.3, 0.4) is 0 Å². The van der Waals surface area contributed by atoms with Gasteiger partial charge in [-0.2, -0.15) is 0 Å². The minimum atomic E-state index is -0.147. The number of halogens is 1. The lowest BCUT2D eigenvalue weighted by atomic mass is 10.1. The first-order valence-corrected chi connectivity index (χ1v) is 3.77. The maximum absolute atomic E-state index is 5.86. The van der Waals surface area contributed by atoms with Gasteiger partial charge < -0.3 is 9.47 Å². The molecular formula is C8H11ClO2. The standard InChI is InChI=1S/C8H11ClO2/c1-10-7-5-3-4-6(9)8(7)11-2/h3-5,7-8H,1-2H3/t7-,8+/m0/s1. The molecule has 0 aromatic heterocycles. The fourth-order valence-corrected chi connectivity index (χ4v) is 1.34. The molecule has 1 aliphatic carbocycles. The summed E-state index contributed by atoms with van der Waals surface area (Å²) in [5.41, 5.74) is 0. The molecule has 1 rings (SSSR count). The molecule has 0 bridgehead atoms. The van der Waals surface area contributed by atoms with Crippen LogP contribution in [0.4, 0.5) is 0 Å². The van der Waals surface area contributed by atoms with E-state index in [-0.39, 0.29) is 12.2 Å². The average molecular weight is 175 g/mol. The van der Waals surface area contributed by atoms with Crippen molar-refractivity contribution in [1.82, 2.24) is 0 Å². The lowest BCUT2D eigenvalue weighted by Gasteiger charge is -2.23. The van der Waals surface area contributed by atoms with Gasteiger partial charge in [0.15, 0.2) is 0 Å². The van der Waals surface area contributed by atoms with E-state index in [0.717, 1.165) is 0 Å². The quantitative estimate of drug-likeness (QED) is 0.635. The van der Waals surface area contributed by atoms with E-state index < -0.39 is 0 Å². The normalized spacial score (nSPS) is 30.3. The van der Waals surface area contributed by atoms with E-state index in [2.05, 4.69) is 0 Å². The summed E-state index contributed by atoms with van der Waals surface area (Å²) >= 11 is 5.86. The van der Waals surface area contributed by atoms with E-state index in [1.54, 1.807) is 14.2 Å². The lowest BCUT2D eigenvalue weighted by molar-refractivity contribution is 0.0115. The van der Waals surface area contributed by atoms with Crippen molar-refractivity contribution in [2.75, 3.05) is 14.2 Å². The van der Waals surface area contributed by atoms with E-state index in [9.17, 15) is 0 Å². The molecule has 62 valence electrons. The van der Waals surface area contributed by atoms with Gasteiger partial charge in [-0.15, -0.1) is 0 Å². The predicted octanol–water partition coefficient (Wildman–Crippen LogP) is 1.71. The van der Waals surface area contributed by atoms with Crippen molar-refractivity contribution < 1.29 is 9.47 Å². The van der Waals surface area contributed by atoms with Crippen molar-refractivity contribution in [1.29, 1.82) is 0 Å². The van der Waals surface area contributed by atoms with E-state index >= 15 is 0 Å². The van der Waals surface area contributed by atoms with Crippen LogP contribution in [0.5, 0.6) is 0 Å². The second kappa shape index (κ2) is 3.90. The Morgan fingerprint density at radius 2 is 2.09 bits per heavy atom. The summed E-state index contributed by atoms with van der Waals surface area (Å²) < 4.78 is 10.3. The third kappa shape index (κ3) is 1.83. The van der Waals surface area contributed by atoms with Gasteiger partial charge in [0.1, 0.15) is 12.2 Å². The number of methoxy groups -OCH3 is 2. The summed E-state index contributed by atoms with van der Waals surface area (Å²) in [5, 5.41) is 0.682. The summed E-state index contributed by atoms with van der Waals surface area (Å²) in [5.74, 6) is 0. The molecule has 11 heavy (non-hydrogen) atoms. The van der Waals surface area contributed by atoms with Crippen LogP contribution in [0.25, 0.3) is 0 Å². The molecule has 2 atom stereocenters. The second-order valence-electron chi connectivity index (χ2n) is 2.29. The van der Waals surface area contributed by atoms with Gasteiger partial charge in [0.05, 0.1) is 0 Å². The first-order valence-electron chi connectivity index (χ1n) is 3.39. The van der Waals surface area contributed by atoms with Crippen molar-refractivity contribution in [3.8, 4) is 0 Å². The van der Waals surface area contributed by atoms with E-state index in [4.69, 9.17) is 21.1 Å². The number of hydrogen-bond acceptors (Lipinski definition) is 2. The molecule has 0 saturated carbocycles. The maximum Gasteiger partial charge on any atom is 0.122 e. The monoisotopic (exact) mass is 174 g/mol. The highest BCUT2D eigenvalue weighted by molar-refractivity contribution is 6.30. The van der Waals surface area contributed by atoms with Gasteiger partial charge in [0, 0.05) is 19.3 Å². The fraction of sp³-hybridized carbons (Fsp3) is 0.500. The Morgan fingerprint density at radius 1 is 1.36 bits per heavy atom. The summed E-state index contributed by atoms with van der Waals surface area (Å²) in [6, 6.07) is 0. The average Bonchev–Trinajstić information content (AvgIpc) is 2.04. The molecule has 0 N–H and O–H groups in total. The molecule has 0 radical (unpaired) electrons. The van der Waals surface area contributed by atoms with Crippen molar-refractivity contribution in [2.24, 2.45) is 0 Å². The molecule has 0 aliphatic heterocycles. The number of hydrogen-bond donors (Lipinski definition) is 0. The summed E-state index contributed by atoms with van der Waals surface area (Å²) in [4.78, 5) is 0. The predicted molar refractivity (Wildman–Crippen MR) is 44.7 cm³/mol. The number of rotatable bonds is 2. The van der Waals surface area contributed by atoms with Crippen LogP contribution in [0, 0.1) is 0 Å². The summed E-state index contributed by atoms with van der Waals surface area (Å²) in [6.07, 6.45) is 5.39. The molecule has 2 nitrogen and oxygen atoms in total. The van der Waals surface area contributed by atoms with Crippen LogP contribution in [0.2, 0.25) is 0 Å². The molecule has 0 heterocycles. The topological polar surface area (TPSA) is 18.5 Å². The summed E-state index contributed by atoms with van der Waals surface area (Å²) in [7, 11) is 3.25. The molecule has 0 aromatic carbocycles. The van der Waals surface area contributed by atoms with Gasteiger partial charge in [-0.05, 0) is 6.08 Å². The molecule has 0 spiro atoms. The Kier molecular flexibility index (Phi) is 3.12. The molecule has 0 saturated heterocycles. The van der Waals surface area contributed by atoms with Crippen LogP contribution in [0.1, 0.15) is 0 Å². The third-order valence-electron chi connectivity index (χ3n) is 1.65. The fourth-order valence-electron chi connectivity index (χ4n) is 1.06. The highest BCUT2D eigenvalue weighted by atomic mass is 35.5. The Labute approximate surface area is 71.4 Å². The van der Waals surface area contributed by atoms with Gasteiger partial charge in [-0.1, -0.05) is 23.8 Å². The smallest absolute Gasteiger partial charge is 0.122 e. The minimum Gasteiger partial charge on any atom is -0.374 e. The van der Waals surface area contributed by atoms with Crippen LogP contribution in [-0.4, -0.2) is 26.4 Å². The Balaban J connectivity index is 2.70. The Bertz CT molecular complexity index is 187. The molecule has 0 aromatic rings. The van der Waals surface area contributed by atoms with Gasteiger partial charge in [0.25, 0.3) is 0 Å². The molecule has 0 amide bonds. The van der Waals surface area contributed by atoms with Crippen molar-refractivity contribution in [3.63, 3.8) is 0 Å². The van der Waals surface area contributed by atoms with E-state index in [1.807, 2.05) is 18.2 Å². The van der Waals surface area contributed by atoms with Gasteiger partial charge in [0.2, 0.25) is 0 Å². The summed E-state index contributed by atoms with van der Waals surface area (Å²) in [6.45, 7) is 0. The number of ether oxygens (including phenoxy) is 2. The molecule has 0 fully saturated rings. The third-order valence-corrected chi connectivity index (χ3v) is 1.99. The lowest BCUT2D eigenvalue weighted by Crippen LogP contribution is -2.30. The van der Waals surface area contributed by atoms with E-state index in [1.165, 1.54) is 0 Å². The first kappa shape index (κ1) is 8.78. The zero-order valence-corrected chi connectivity index (χ0v) is 7.34. The van der Waals surface area contributed by atoms with Crippen molar-refractivity contribution in [3.05, 3.63) is 23.3 Å². The Morgan fingerprint density at radius 3 is 2.55 bits per heavy atom. The van der Waals surface area contributed by atoms with Gasteiger partial charge in [-0.25, -0.2) is 0 Å². The largest absolute Gasteiger partial charge is 0.374 e. The highest BCUT2D eigenvalue weighted by Crippen LogP contribution is 2.21. The van der Waals surface area contributed by atoms with Crippen molar-refractivity contribution >= 4 is 11.6 Å². The first-order chi connectivity index (χ1) is 5.29. The minimum absolute atomic E-state index is 0.0579. The Hall–Kier alpha value is -0.310. The zero-order valence-electron chi connectivity index (χ0n) is 6.58. The highest BCUT2D eigenvalue weighted by Gasteiger charge is 2.23. The molecular weight excluding hydrogens is 164 g/mol. The molecule has 1 aliphatic rings.